The van der Waals surface area contributed by atoms with Crippen molar-refractivity contribution in [1.29, 1.82) is 0 Å². The van der Waals surface area contributed by atoms with Crippen molar-refractivity contribution < 1.29 is 36.9 Å². The Kier molecular flexibility index (Phi) is 6.94. The number of rotatable bonds is 8. The van der Waals surface area contributed by atoms with Crippen molar-refractivity contribution in [3.63, 3.8) is 0 Å². The van der Waals surface area contributed by atoms with E-state index >= 15 is 0 Å². The predicted molar refractivity (Wildman–Crippen MR) is 114 cm³/mol. The molecule has 2 heterocycles. The lowest BCUT2D eigenvalue weighted by Crippen LogP contribution is -2.49. The summed E-state index contributed by atoms with van der Waals surface area (Å²) in [5, 5.41) is 12.5. The molecular formula is C22H23FN2O7S. The third-order valence-corrected chi connectivity index (χ3v) is 6.63. The standard InChI is InChI=1S/C22H23FN2O7S/c23-15-2-1-3-17(9-15)33(28,29)25-18-6-5-16(32-21(18)12-26)10-22(27)24-11-14-4-7-19-20(8-14)31-13-30-19/h1-9,16,18,21,25-26H,10-13H2,(H,24,27)/t16-,18-,21-/m1/s1. The quantitative estimate of drug-likeness (QED) is 0.488. The van der Waals surface area contributed by atoms with E-state index < -0.39 is 40.7 Å². The van der Waals surface area contributed by atoms with Crippen LogP contribution in [0.15, 0.2) is 59.5 Å². The number of aliphatic hydroxyl groups excluding tert-OH is 1. The van der Waals surface area contributed by atoms with Crippen LogP contribution in [-0.2, 0) is 26.1 Å². The first-order valence-electron chi connectivity index (χ1n) is 10.2. The molecular weight excluding hydrogens is 455 g/mol. The number of amides is 1. The van der Waals surface area contributed by atoms with Gasteiger partial charge in [-0.15, -0.1) is 0 Å². The molecule has 3 N–H and O–H groups in total. The Morgan fingerprint density at radius 2 is 1.94 bits per heavy atom. The summed E-state index contributed by atoms with van der Waals surface area (Å²) in [4.78, 5) is 12.1. The number of sulfonamides is 1. The van der Waals surface area contributed by atoms with E-state index in [0.29, 0.717) is 11.5 Å². The highest BCUT2D eigenvalue weighted by molar-refractivity contribution is 7.89. The number of carbonyl (C=O) groups is 1. The molecule has 4 rings (SSSR count). The molecule has 11 heteroatoms. The first-order valence-corrected chi connectivity index (χ1v) is 11.7. The van der Waals surface area contributed by atoms with E-state index in [-0.39, 0.29) is 30.6 Å². The lowest BCUT2D eigenvalue weighted by Gasteiger charge is -2.31. The van der Waals surface area contributed by atoms with Crippen LogP contribution in [0, 0.1) is 5.82 Å². The molecule has 2 aliphatic heterocycles. The number of hydrogen-bond acceptors (Lipinski definition) is 7. The van der Waals surface area contributed by atoms with Gasteiger partial charge in [0.2, 0.25) is 22.7 Å². The number of carbonyl (C=O) groups excluding carboxylic acids is 1. The average Bonchev–Trinajstić information content (AvgIpc) is 3.26. The van der Waals surface area contributed by atoms with E-state index in [9.17, 15) is 22.7 Å². The first-order chi connectivity index (χ1) is 15.8. The van der Waals surface area contributed by atoms with Gasteiger partial charge in [-0.1, -0.05) is 24.3 Å². The zero-order chi connectivity index (χ0) is 23.4. The molecule has 0 aromatic heterocycles. The van der Waals surface area contributed by atoms with Crippen LogP contribution in [0.1, 0.15) is 12.0 Å². The lowest BCUT2D eigenvalue weighted by atomic mass is 10.1. The highest BCUT2D eigenvalue weighted by Crippen LogP contribution is 2.32. The molecule has 0 fully saturated rings. The van der Waals surface area contributed by atoms with Gasteiger partial charge in [-0.25, -0.2) is 17.5 Å². The number of fused-ring (bicyclic) bond motifs is 1. The van der Waals surface area contributed by atoms with Gasteiger partial charge in [-0.2, -0.15) is 0 Å². The molecule has 0 aliphatic carbocycles. The lowest BCUT2D eigenvalue weighted by molar-refractivity contribution is -0.125. The van der Waals surface area contributed by atoms with Gasteiger partial charge in [0, 0.05) is 6.54 Å². The number of nitrogens with one attached hydrogen (secondary N) is 2. The van der Waals surface area contributed by atoms with Crippen molar-refractivity contribution in [2.75, 3.05) is 13.4 Å². The number of aliphatic hydroxyl groups is 1. The Balaban J connectivity index is 1.33. The molecule has 0 spiro atoms. The molecule has 2 aliphatic rings. The maximum atomic E-state index is 13.4. The fraction of sp³-hybridized carbons (Fsp3) is 0.318. The zero-order valence-electron chi connectivity index (χ0n) is 17.4. The Bertz CT molecular complexity index is 1160. The minimum Gasteiger partial charge on any atom is -0.454 e. The summed E-state index contributed by atoms with van der Waals surface area (Å²) < 4.78 is 57.1. The molecule has 0 saturated heterocycles. The number of ether oxygens (including phenoxy) is 3. The number of hydrogen-bond donors (Lipinski definition) is 3. The Morgan fingerprint density at radius 1 is 1.12 bits per heavy atom. The Labute approximate surface area is 190 Å². The fourth-order valence-corrected chi connectivity index (χ4v) is 4.75. The largest absolute Gasteiger partial charge is 0.454 e. The molecule has 2 aromatic rings. The van der Waals surface area contributed by atoms with Crippen LogP contribution in [0.25, 0.3) is 0 Å². The summed E-state index contributed by atoms with van der Waals surface area (Å²) in [6, 6.07) is 9.10. The van der Waals surface area contributed by atoms with Crippen LogP contribution < -0.4 is 19.5 Å². The predicted octanol–water partition coefficient (Wildman–Crippen LogP) is 1.22. The topological polar surface area (TPSA) is 123 Å². The van der Waals surface area contributed by atoms with E-state index in [1.54, 1.807) is 18.2 Å². The molecule has 1 amide bonds. The molecule has 176 valence electrons. The second kappa shape index (κ2) is 9.87. The Morgan fingerprint density at radius 3 is 2.73 bits per heavy atom. The highest BCUT2D eigenvalue weighted by atomic mass is 32.2. The van der Waals surface area contributed by atoms with Crippen LogP contribution in [0.4, 0.5) is 4.39 Å². The van der Waals surface area contributed by atoms with Gasteiger partial charge in [0.25, 0.3) is 0 Å². The number of benzene rings is 2. The van der Waals surface area contributed by atoms with Gasteiger partial charge >= 0.3 is 0 Å². The molecule has 0 saturated carbocycles. The molecule has 0 unspecified atom stereocenters. The van der Waals surface area contributed by atoms with Crippen molar-refractivity contribution in [3.8, 4) is 11.5 Å². The van der Waals surface area contributed by atoms with Crippen LogP contribution in [-0.4, -0.2) is 51.1 Å². The van der Waals surface area contributed by atoms with E-state index in [0.717, 1.165) is 17.7 Å². The van der Waals surface area contributed by atoms with Crippen molar-refractivity contribution in [1.82, 2.24) is 10.0 Å². The smallest absolute Gasteiger partial charge is 0.241 e. The third-order valence-electron chi connectivity index (χ3n) is 5.17. The van der Waals surface area contributed by atoms with E-state index in [2.05, 4.69) is 10.0 Å². The first kappa shape index (κ1) is 23.2. The average molecular weight is 478 g/mol. The van der Waals surface area contributed by atoms with Crippen LogP contribution in [0.2, 0.25) is 0 Å². The molecule has 3 atom stereocenters. The van der Waals surface area contributed by atoms with Gasteiger partial charge in [0.05, 0.1) is 30.1 Å². The second-order valence-corrected chi connectivity index (χ2v) is 9.27. The minimum atomic E-state index is -4.04. The SMILES string of the molecule is O=C(C[C@H]1C=C[C@@H](NS(=O)(=O)c2cccc(F)c2)[C@@H](CO)O1)NCc1ccc2c(c1)OCO2. The fourth-order valence-electron chi connectivity index (χ4n) is 3.50. The monoisotopic (exact) mass is 478 g/mol. The van der Waals surface area contributed by atoms with Crippen molar-refractivity contribution in [2.45, 2.75) is 36.1 Å². The highest BCUT2D eigenvalue weighted by Gasteiger charge is 2.31. The summed E-state index contributed by atoms with van der Waals surface area (Å²) in [7, 11) is -4.04. The van der Waals surface area contributed by atoms with Gasteiger partial charge in [0.15, 0.2) is 11.5 Å². The van der Waals surface area contributed by atoms with Gasteiger partial charge in [-0.3, -0.25) is 4.79 Å². The molecule has 2 aromatic carbocycles. The van der Waals surface area contributed by atoms with Crippen molar-refractivity contribution >= 4 is 15.9 Å². The van der Waals surface area contributed by atoms with E-state index in [4.69, 9.17) is 14.2 Å². The van der Waals surface area contributed by atoms with Crippen molar-refractivity contribution in [3.05, 3.63) is 66.0 Å². The summed E-state index contributed by atoms with van der Waals surface area (Å²) >= 11 is 0. The van der Waals surface area contributed by atoms with Gasteiger partial charge in [-0.05, 0) is 35.9 Å². The zero-order valence-corrected chi connectivity index (χ0v) is 18.3. The summed E-state index contributed by atoms with van der Waals surface area (Å²) in [6.07, 6.45) is 1.52. The summed E-state index contributed by atoms with van der Waals surface area (Å²) in [6.45, 7) is -0.0245. The Hall–Kier alpha value is -2.99. The van der Waals surface area contributed by atoms with E-state index in [1.165, 1.54) is 18.2 Å². The summed E-state index contributed by atoms with van der Waals surface area (Å²) in [5.41, 5.74) is 0.841. The molecule has 0 radical (unpaired) electrons. The maximum Gasteiger partial charge on any atom is 0.241 e. The van der Waals surface area contributed by atoms with E-state index in [1.807, 2.05) is 6.07 Å². The van der Waals surface area contributed by atoms with Crippen molar-refractivity contribution in [2.24, 2.45) is 0 Å². The van der Waals surface area contributed by atoms with Crippen LogP contribution in [0.5, 0.6) is 11.5 Å². The molecule has 33 heavy (non-hydrogen) atoms. The van der Waals surface area contributed by atoms with Crippen LogP contribution in [0.3, 0.4) is 0 Å². The van der Waals surface area contributed by atoms with Gasteiger partial charge < -0.3 is 24.6 Å². The maximum absolute atomic E-state index is 13.4. The summed E-state index contributed by atoms with van der Waals surface area (Å²) in [5.74, 6) is 0.318. The minimum absolute atomic E-state index is 0.0130. The third kappa shape index (κ3) is 5.69. The van der Waals surface area contributed by atoms with Crippen LogP contribution >= 0.6 is 0 Å². The normalized spacial score (nSPS) is 21.7. The molecule has 0 bridgehead atoms. The molecule has 9 nitrogen and oxygen atoms in total. The number of halogens is 1. The second-order valence-electron chi connectivity index (χ2n) is 7.55. The van der Waals surface area contributed by atoms with Gasteiger partial charge in [0.1, 0.15) is 11.9 Å².